The number of amides is 1. The molecule has 0 saturated heterocycles. The van der Waals surface area contributed by atoms with Crippen molar-refractivity contribution in [2.75, 3.05) is 11.9 Å². The first kappa shape index (κ1) is 26.3. The molecule has 0 aromatic heterocycles. The van der Waals surface area contributed by atoms with E-state index in [4.69, 9.17) is 17.1 Å². The standard InChI is InChI=1S/C23H22ClF3N4O4S/c24-17-5-4-12(22(32)30-15-9-18(25)21(27)19(26)10-15)6-20(17)36(34,35)16-7-13-2-1-3-14(8-16)23(13,33)11-29-31-28/h4-6,9-10,13-14,16,33H,1-3,7-8,11H2,(H,30,32). The Balaban J connectivity index is 1.60. The van der Waals surface area contributed by atoms with Crippen LogP contribution in [0.1, 0.15) is 42.5 Å². The minimum atomic E-state index is -4.05. The van der Waals surface area contributed by atoms with Gasteiger partial charge in [-0.15, -0.1) is 0 Å². The van der Waals surface area contributed by atoms with E-state index in [2.05, 4.69) is 15.3 Å². The summed E-state index contributed by atoms with van der Waals surface area (Å²) in [5.74, 6) is -6.32. The van der Waals surface area contributed by atoms with E-state index in [1.165, 1.54) is 12.1 Å². The number of rotatable bonds is 6. The lowest BCUT2D eigenvalue weighted by atomic mass is 9.61. The second-order valence-corrected chi connectivity index (χ2v) is 11.8. The van der Waals surface area contributed by atoms with E-state index in [0.29, 0.717) is 25.0 Å². The minimum Gasteiger partial charge on any atom is -0.389 e. The molecule has 2 aromatic carbocycles. The molecule has 2 saturated carbocycles. The zero-order valence-corrected chi connectivity index (χ0v) is 20.4. The van der Waals surface area contributed by atoms with Gasteiger partial charge in [-0.3, -0.25) is 4.79 Å². The van der Waals surface area contributed by atoms with Crippen LogP contribution in [0.3, 0.4) is 0 Å². The quantitative estimate of drug-likeness (QED) is 0.219. The molecule has 8 nitrogen and oxygen atoms in total. The Labute approximate surface area is 210 Å². The lowest BCUT2D eigenvalue weighted by molar-refractivity contribution is -0.110. The van der Waals surface area contributed by atoms with E-state index >= 15 is 0 Å². The van der Waals surface area contributed by atoms with Crippen LogP contribution in [0.4, 0.5) is 18.9 Å². The van der Waals surface area contributed by atoms with Gasteiger partial charge in [-0.2, -0.15) is 0 Å². The maximum atomic E-state index is 13.6. The molecular formula is C23H22ClF3N4O4S. The molecule has 2 aliphatic rings. The van der Waals surface area contributed by atoms with Crippen molar-refractivity contribution < 1.29 is 31.5 Å². The van der Waals surface area contributed by atoms with Crippen molar-refractivity contribution in [2.24, 2.45) is 17.0 Å². The van der Waals surface area contributed by atoms with Crippen molar-refractivity contribution in [3.8, 4) is 0 Å². The number of benzene rings is 2. The van der Waals surface area contributed by atoms with Crippen LogP contribution in [0, 0.1) is 29.3 Å². The number of aliphatic hydroxyl groups is 1. The van der Waals surface area contributed by atoms with Crippen LogP contribution in [-0.2, 0) is 9.84 Å². The van der Waals surface area contributed by atoms with Gasteiger partial charge in [0.25, 0.3) is 5.91 Å². The summed E-state index contributed by atoms with van der Waals surface area (Å²) in [4.78, 5) is 15.1. The third kappa shape index (κ3) is 4.78. The van der Waals surface area contributed by atoms with E-state index in [-0.39, 0.29) is 52.4 Å². The molecule has 2 N–H and O–H groups in total. The topological polar surface area (TPSA) is 132 Å². The van der Waals surface area contributed by atoms with Gasteiger partial charge >= 0.3 is 0 Å². The Morgan fingerprint density at radius 2 is 1.78 bits per heavy atom. The van der Waals surface area contributed by atoms with Crippen molar-refractivity contribution in [3.63, 3.8) is 0 Å². The summed E-state index contributed by atoms with van der Waals surface area (Å²) in [7, 11) is -4.05. The highest BCUT2D eigenvalue weighted by Gasteiger charge is 2.53. The molecule has 2 fully saturated rings. The summed E-state index contributed by atoms with van der Waals surface area (Å²) < 4.78 is 67.4. The number of carbonyl (C=O) groups is 1. The minimum absolute atomic E-state index is 0.106. The van der Waals surface area contributed by atoms with Crippen molar-refractivity contribution in [3.05, 3.63) is 68.8 Å². The van der Waals surface area contributed by atoms with Crippen molar-refractivity contribution in [2.45, 2.75) is 47.9 Å². The molecule has 2 aromatic rings. The molecule has 2 aliphatic carbocycles. The van der Waals surface area contributed by atoms with E-state index in [1.807, 2.05) is 0 Å². The third-order valence-electron chi connectivity index (χ3n) is 7.18. The molecule has 192 valence electrons. The van der Waals surface area contributed by atoms with Gasteiger partial charge in [0.05, 0.1) is 27.3 Å². The molecule has 0 heterocycles. The lowest BCUT2D eigenvalue weighted by Gasteiger charge is -2.51. The Hall–Kier alpha value is -2.79. The number of hydrogen-bond donors (Lipinski definition) is 2. The largest absolute Gasteiger partial charge is 0.389 e. The predicted octanol–water partition coefficient (Wildman–Crippen LogP) is 5.40. The maximum absolute atomic E-state index is 13.6. The van der Waals surface area contributed by atoms with Gasteiger partial charge in [0, 0.05) is 28.3 Å². The number of sulfone groups is 1. The Morgan fingerprint density at radius 1 is 1.17 bits per heavy atom. The summed E-state index contributed by atoms with van der Waals surface area (Å²) in [6.07, 6.45) is 2.26. The van der Waals surface area contributed by atoms with Crippen molar-refractivity contribution in [1.82, 2.24) is 0 Å². The van der Waals surface area contributed by atoms with Gasteiger partial charge in [0.1, 0.15) is 0 Å². The molecule has 4 rings (SSSR count). The summed E-state index contributed by atoms with van der Waals surface area (Å²) in [6, 6.07) is 4.77. The molecule has 2 unspecified atom stereocenters. The monoisotopic (exact) mass is 542 g/mol. The number of halogens is 4. The molecule has 0 radical (unpaired) electrons. The third-order valence-corrected chi connectivity index (χ3v) is 9.84. The Morgan fingerprint density at radius 3 is 2.36 bits per heavy atom. The highest BCUT2D eigenvalue weighted by atomic mass is 35.5. The normalized spacial score (nSPS) is 25.6. The van der Waals surface area contributed by atoms with Crippen LogP contribution >= 0.6 is 11.6 Å². The van der Waals surface area contributed by atoms with E-state index in [0.717, 1.165) is 12.5 Å². The van der Waals surface area contributed by atoms with Crippen LogP contribution in [0.15, 0.2) is 40.3 Å². The highest BCUT2D eigenvalue weighted by Crippen LogP contribution is 2.50. The first-order chi connectivity index (χ1) is 17.0. The van der Waals surface area contributed by atoms with Crippen LogP contribution in [0.25, 0.3) is 10.4 Å². The molecular weight excluding hydrogens is 521 g/mol. The van der Waals surface area contributed by atoms with Crippen molar-refractivity contribution in [1.29, 1.82) is 0 Å². The van der Waals surface area contributed by atoms with Crippen molar-refractivity contribution >= 4 is 33.0 Å². The zero-order chi connectivity index (χ0) is 26.3. The summed E-state index contributed by atoms with van der Waals surface area (Å²) in [5.41, 5.74) is 6.92. The number of azide groups is 1. The molecule has 36 heavy (non-hydrogen) atoms. The van der Waals surface area contributed by atoms with E-state index < -0.39 is 44.0 Å². The summed E-state index contributed by atoms with van der Waals surface area (Å²) in [5, 5.41) is 16.0. The second kappa shape index (κ2) is 9.93. The van der Waals surface area contributed by atoms with Crippen LogP contribution in [-0.4, -0.2) is 36.8 Å². The fourth-order valence-corrected chi connectivity index (χ4v) is 7.75. The van der Waals surface area contributed by atoms with Crippen LogP contribution < -0.4 is 5.32 Å². The highest BCUT2D eigenvalue weighted by molar-refractivity contribution is 7.92. The summed E-state index contributed by atoms with van der Waals surface area (Å²) >= 11 is 6.21. The smallest absolute Gasteiger partial charge is 0.255 e. The lowest BCUT2D eigenvalue weighted by Crippen LogP contribution is -2.56. The number of nitrogens with zero attached hydrogens (tertiary/aromatic N) is 3. The van der Waals surface area contributed by atoms with Gasteiger partial charge in [-0.05, 0) is 61.2 Å². The molecule has 2 bridgehead atoms. The van der Waals surface area contributed by atoms with Gasteiger partial charge in [0.2, 0.25) is 0 Å². The number of fused-ring (bicyclic) bond motifs is 2. The SMILES string of the molecule is [N-]=[N+]=NCC1(O)C2CCCC1CC(S(=O)(=O)c1cc(C(=O)Nc3cc(F)c(F)c(F)c3)ccc1Cl)C2. The van der Waals surface area contributed by atoms with E-state index in [1.54, 1.807) is 0 Å². The fraction of sp³-hybridized carbons (Fsp3) is 0.435. The Bertz CT molecular complexity index is 1330. The molecule has 0 aliphatic heterocycles. The molecule has 0 spiro atoms. The van der Waals surface area contributed by atoms with Gasteiger partial charge in [-0.25, -0.2) is 21.6 Å². The maximum Gasteiger partial charge on any atom is 0.255 e. The average Bonchev–Trinajstić information content (AvgIpc) is 2.81. The number of carbonyl (C=O) groups excluding carboxylic acids is 1. The molecule has 13 heteroatoms. The van der Waals surface area contributed by atoms with Gasteiger partial charge in [-0.1, -0.05) is 23.1 Å². The predicted molar refractivity (Wildman–Crippen MR) is 126 cm³/mol. The van der Waals surface area contributed by atoms with Gasteiger partial charge < -0.3 is 10.4 Å². The second-order valence-electron chi connectivity index (χ2n) is 9.20. The fourth-order valence-electron chi connectivity index (χ4n) is 5.35. The summed E-state index contributed by atoms with van der Waals surface area (Å²) in [6.45, 7) is -0.132. The first-order valence-electron chi connectivity index (χ1n) is 11.2. The number of nitrogens with one attached hydrogen (secondary N) is 1. The number of anilines is 1. The Kier molecular flexibility index (Phi) is 7.25. The number of hydrogen-bond acceptors (Lipinski definition) is 5. The molecule has 1 amide bonds. The van der Waals surface area contributed by atoms with Crippen LogP contribution in [0.5, 0.6) is 0 Å². The van der Waals surface area contributed by atoms with E-state index in [9.17, 15) is 31.5 Å². The van der Waals surface area contributed by atoms with Crippen LogP contribution in [0.2, 0.25) is 5.02 Å². The molecule has 2 atom stereocenters. The average molecular weight is 543 g/mol. The van der Waals surface area contributed by atoms with Gasteiger partial charge in [0.15, 0.2) is 27.3 Å². The first-order valence-corrected chi connectivity index (χ1v) is 13.1. The zero-order valence-electron chi connectivity index (χ0n) is 18.8.